The fourth-order valence-corrected chi connectivity index (χ4v) is 3.75. The van der Waals surface area contributed by atoms with Crippen molar-refractivity contribution in [3.63, 3.8) is 0 Å². The maximum Gasteiger partial charge on any atom is 0.119 e. The summed E-state index contributed by atoms with van der Waals surface area (Å²) in [6.07, 6.45) is 0.756. The average Bonchev–Trinajstić information content (AvgIpc) is 3.28. The van der Waals surface area contributed by atoms with Crippen LogP contribution in [0.5, 0.6) is 0 Å². The molecule has 3 aromatic carbocycles. The molecule has 2 heterocycles. The topological polar surface area (TPSA) is 18.0 Å². The zero-order valence-electron chi connectivity index (χ0n) is 13.3. The van der Waals surface area contributed by atoms with Crippen LogP contribution in [0.1, 0.15) is 35.2 Å². The third-order valence-corrected chi connectivity index (χ3v) is 4.89. The van der Waals surface area contributed by atoms with Crippen LogP contribution in [-0.4, -0.2) is 10.0 Å². The fourth-order valence-electron chi connectivity index (χ4n) is 3.75. The summed E-state index contributed by atoms with van der Waals surface area (Å²) >= 11 is 0. The SMILES string of the molecule is c1ccc(C2N3[C@H](c4ccccc4)N[C@@H](c4ccccc4)N23)cc1. The van der Waals surface area contributed by atoms with Gasteiger partial charge in [0.25, 0.3) is 0 Å². The highest BCUT2D eigenvalue weighted by Gasteiger charge is 2.60. The third kappa shape index (κ3) is 2.18. The summed E-state index contributed by atoms with van der Waals surface area (Å²) in [5.74, 6) is 0. The van der Waals surface area contributed by atoms with Gasteiger partial charge in [-0.25, -0.2) is 0 Å². The molecule has 3 nitrogen and oxygen atoms in total. The van der Waals surface area contributed by atoms with Crippen LogP contribution >= 0.6 is 0 Å². The van der Waals surface area contributed by atoms with Crippen LogP contribution in [0.25, 0.3) is 0 Å². The second kappa shape index (κ2) is 5.56. The normalized spacial score (nSPS) is 30.8. The molecule has 0 aromatic heterocycles. The Balaban J connectivity index is 1.53. The van der Waals surface area contributed by atoms with E-state index in [1.807, 2.05) is 0 Å². The van der Waals surface area contributed by atoms with E-state index in [-0.39, 0.29) is 12.3 Å². The minimum absolute atomic E-state index is 0.210. The minimum atomic E-state index is 0.210. The van der Waals surface area contributed by atoms with Crippen LogP contribution in [0.3, 0.4) is 0 Å². The van der Waals surface area contributed by atoms with Gasteiger partial charge in [0.1, 0.15) is 18.5 Å². The van der Waals surface area contributed by atoms with E-state index >= 15 is 0 Å². The first kappa shape index (κ1) is 13.9. The van der Waals surface area contributed by atoms with E-state index in [0.29, 0.717) is 6.17 Å². The molecule has 4 atom stereocenters. The molecule has 3 heteroatoms. The smallest absolute Gasteiger partial charge is 0.119 e. The number of hydrazine groups is 1. The Hall–Kier alpha value is -2.46. The molecule has 118 valence electrons. The van der Waals surface area contributed by atoms with Crippen molar-refractivity contribution in [3.8, 4) is 0 Å². The van der Waals surface area contributed by atoms with Crippen LogP contribution in [0.2, 0.25) is 0 Å². The third-order valence-electron chi connectivity index (χ3n) is 4.89. The lowest BCUT2D eigenvalue weighted by Gasteiger charge is -2.20. The van der Waals surface area contributed by atoms with Gasteiger partial charge in [0.05, 0.1) is 0 Å². The maximum atomic E-state index is 3.77. The van der Waals surface area contributed by atoms with Crippen molar-refractivity contribution in [1.82, 2.24) is 15.3 Å². The molecule has 2 aliphatic heterocycles. The summed E-state index contributed by atoms with van der Waals surface area (Å²) in [6, 6.07) is 32.1. The molecule has 2 fully saturated rings. The van der Waals surface area contributed by atoms with E-state index < -0.39 is 0 Å². The molecule has 0 saturated carbocycles. The van der Waals surface area contributed by atoms with Gasteiger partial charge in [0.15, 0.2) is 0 Å². The van der Waals surface area contributed by atoms with E-state index in [1.165, 1.54) is 16.7 Å². The molecule has 0 bridgehead atoms. The Labute approximate surface area is 142 Å². The summed E-state index contributed by atoms with van der Waals surface area (Å²) in [5.41, 5.74) is 3.96. The van der Waals surface area contributed by atoms with Crippen LogP contribution < -0.4 is 5.32 Å². The molecular weight excluding hydrogens is 294 g/mol. The lowest BCUT2D eigenvalue weighted by Crippen LogP contribution is -2.27. The summed E-state index contributed by atoms with van der Waals surface area (Å²) in [4.78, 5) is 0. The molecule has 2 aliphatic rings. The van der Waals surface area contributed by atoms with Gasteiger partial charge in [-0.2, -0.15) is 10.0 Å². The van der Waals surface area contributed by atoms with Crippen molar-refractivity contribution in [1.29, 1.82) is 0 Å². The average molecular weight is 313 g/mol. The predicted octanol–water partition coefficient (Wildman–Crippen LogP) is 4.22. The Morgan fingerprint density at radius 3 is 1.29 bits per heavy atom. The monoisotopic (exact) mass is 313 g/mol. The number of hydrogen-bond acceptors (Lipinski definition) is 3. The standard InChI is InChI=1S/C21H19N3/c1-4-10-16(11-5-1)19-22-20(17-12-6-2-7-13-17)24-21(23(19)24)18-14-8-3-9-15-18/h1-15,19-22H/t19-,20-,21?,23?,24?/m1/s1. The lowest BCUT2D eigenvalue weighted by molar-refractivity contribution is 0.314. The van der Waals surface area contributed by atoms with Crippen LogP contribution in [0.4, 0.5) is 0 Å². The summed E-state index contributed by atoms with van der Waals surface area (Å²) < 4.78 is 0. The highest BCUT2D eigenvalue weighted by Crippen LogP contribution is 2.56. The summed E-state index contributed by atoms with van der Waals surface area (Å²) in [7, 11) is 0. The van der Waals surface area contributed by atoms with Crippen LogP contribution in [0.15, 0.2) is 91.0 Å². The van der Waals surface area contributed by atoms with Crippen molar-refractivity contribution in [3.05, 3.63) is 108 Å². The van der Waals surface area contributed by atoms with Crippen LogP contribution in [0, 0.1) is 0 Å². The minimum Gasteiger partial charge on any atom is -0.276 e. The van der Waals surface area contributed by atoms with Gasteiger partial charge in [0, 0.05) is 0 Å². The molecule has 0 amide bonds. The Kier molecular flexibility index (Phi) is 3.23. The Morgan fingerprint density at radius 1 is 0.500 bits per heavy atom. The fraction of sp³-hybridized carbons (Fsp3) is 0.143. The van der Waals surface area contributed by atoms with E-state index in [2.05, 4.69) is 106 Å². The molecule has 0 spiro atoms. The summed E-state index contributed by atoms with van der Waals surface area (Å²) in [5, 5.41) is 8.67. The van der Waals surface area contributed by atoms with Crippen molar-refractivity contribution < 1.29 is 0 Å². The lowest BCUT2D eigenvalue weighted by atomic mass is 10.1. The van der Waals surface area contributed by atoms with E-state index in [1.54, 1.807) is 0 Å². The molecule has 2 unspecified atom stereocenters. The highest BCUT2D eigenvalue weighted by atomic mass is 15.9. The van der Waals surface area contributed by atoms with E-state index in [9.17, 15) is 0 Å². The van der Waals surface area contributed by atoms with E-state index in [0.717, 1.165) is 0 Å². The van der Waals surface area contributed by atoms with Crippen molar-refractivity contribution >= 4 is 0 Å². The van der Waals surface area contributed by atoms with Gasteiger partial charge in [0.2, 0.25) is 0 Å². The molecule has 3 aromatic rings. The predicted molar refractivity (Wildman–Crippen MR) is 94.4 cm³/mol. The number of nitrogens with zero attached hydrogens (tertiary/aromatic N) is 2. The summed E-state index contributed by atoms with van der Waals surface area (Å²) in [6.45, 7) is 0. The Bertz CT molecular complexity index is 768. The quantitative estimate of drug-likeness (QED) is 0.730. The van der Waals surface area contributed by atoms with Gasteiger partial charge in [-0.3, -0.25) is 5.32 Å². The second-order valence-electron chi connectivity index (χ2n) is 6.34. The van der Waals surface area contributed by atoms with Gasteiger partial charge in [-0.05, 0) is 16.7 Å². The largest absolute Gasteiger partial charge is 0.276 e. The van der Waals surface area contributed by atoms with Gasteiger partial charge in [-0.15, -0.1) is 0 Å². The van der Waals surface area contributed by atoms with Gasteiger partial charge in [-0.1, -0.05) is 91.0 Å². The van der Waals surface area contributed by atoms with Crippen LogP contribution in [-0.2, 0) is 0 Å². The number of hydrogen-bond donors (Lipinski definition) is 1. The van der Waals surface area contributed by atoms with Gasteiger partial charge < -0.3 is 0 Å². The number of fused-ring (bicyclic) bond motifs is 1. The molecule has 5 rings (SSSR count). The zero-order chi connectivity index (χ0) is 15.9. The molecule has 0 aliphatic carbocycles. The number of benzene rings is 3. The first-order valence-electron chi connectivity index (χ1n) is 8.41. The maximum absolute atomic E-state index is 3.77. The number of nitrogens with one attached hydrogen (secondary N) is 1. The molecular formula is C21H19N3. The molecule has 2 saturated heterocycles. The van der Waals surface area contributed by atoms with Crippen molar-refractivity contribution in [2.75, 3.05) is 0 Å². The zero-order valence-corrected chi connectivity index (χ0v) is 13.3. The van der Waals surface area contributed by atoms with Crippen molar-refractivity contribution in [2.45, 2.75) is 18.5 Å². The number of rotatable bonds is 3. The molecule has 1 N–H and O–H groups in total. The van der Waals surface area contributed by atoms with E-state index in [4.69, 9.17) is 0 Å². The van der Waals surface area contributed by atoms with Crippen molar-refractivity contribution in [2.24, 2.45) is 0 Å². The second-order valence-corrected chi connectivity index (χ2v) is 6.34. The highest BCUT2D eigenvalue weighted by molar-refractivity contribution is 5.31. The molecule has 24 heavy (non-hydrogen) atoms. The van der Waals surface area contributed by atoms with Gasteiger partial charge >= 0.3 is 0 Å². The Morgan fingerprint density at radius 2 is 0.875 bits per heavy atom. The first-order valence-corrected chi connectivity index (χ1v) is 8.41. The molecule has 0 radical (unpaired) electrons. The first-order chi connectivity index (χ1) is 11.9.